The summed E-state index contributed by atoms with van der Waals surface area (Å²) in [5, 5.41) is 7.18. The van der Waals surface area contributed by atoms with Gasteiger partial charge < -0.3 is 58.8 Å². The number of imidazole rings is 2. The molecule has 0 bridgehead atoms. The molecule has 4 N–H and O–H groups in total. The lowest BCUT2D eigenvalue weighted by Gasteiger charge is -2.30. The lowest BCUT2D eigenvalue weighted by atomic mass is 9.92. The number of nitrogens with zero attached hydrogens (tertiary/aromatic N) is 4. The van der Waals surface area contributed by atoms with E-state index in [1.807, 2.05) is 12.1 Å². The first kappa shape index (κ1) is 44.4. The molecule has 0 radical (unpaired) electrons. The predicted molar refractivity (Wildman–Crippen MR) is 235 cm³/mol. The van der Waals surface area contributed by atoms with E-state index in [4.69, 9.17) is 38.4 Å². The van der Waals surface area contributed by atoms with Crippen LogP contribution in [-0.4, -0.2) is 133 Å². The lowest BCUT2D eigenvalue weighted by Crippen LogP contribution is -2.54. The van der Waals surface area contributed by atoms with E-state index >= 15 is 0 Å². The Hall–Kier alpha value is -6.24. The van der Waals surface area contributed by atoms with E-state index in [1.54, 1.807) is 37.0 Å². The summed E-state index contributed by atoms with van der Waals surface area (Å²) in [6.07, 6.45) is 0.480. The summed E-state index contributed by atoms with van der Waals surface area (Å²) in [6.45, 7) is 7.29. The molecule has 340 valence electrons. The fourth-order valence-corrected chi connectivity index (χ4v) is 9.38. The highest BCUT2D eigenvalue weighted by atomic mass is 16.5. The summed E-state index contributed by atoms with van der Waals surface area (Å²) in [5.74, 6) is 1.73. The molecule has 2 saturated heterocycles. The zero-order chi connectivity index (χ0) is 45.4. The Morgan fingerprint density at radius 3 is 2.14 bits per heavy atom. The number of aromatic nitrogens is 4. The van der Waals surface area contributed by atoms with Crippen molar-refractivity contribution in [2.75, 3.05) is 55.2 Å². The molecule has 8 rings (SSSR count). The quantitative estimate of drug-likeness (QED) is 0.113. The molecule has 18 nitrogen and oxygen atoms in total. The lowest BCUT2D eigenvalue weighted by molar-refractivity contribution is -0.138. The number of ether oxygens (including phenoxy) is 6. The second-order valence-corrected chi connectivity index (χ2v) is 17.0. The summed E-state index contributed by atoms with van der Waals surface area (Å²) < 4.78 is 32.5. The number of H-pyrrole nitrogens is 2. The third-order valence-corrected chi connectivity index (χ3v) is 12.9. The molecule has 4 amide bonds. The van der Waals surface area contributed by atoms with Gasteiger partial charge in [-0.05, 0) is 78.9 Å². The van der Waals surface area contributed by atoms with Crippen LogP contribution in [0.1, 0.15) is 62.9 Å². The number of amides is 4. The summed E-state index contributed by atoms with van der Waals surface area (Å²) >= 11 is 0. The van der Waals surface area contributed by atoms with Crippen molar-refractivity contribution in [2.45, 2.75) is 76.6 Å². The Labute approximate surface area is 370 Å². The molecule has 0 saturated carbocycles. The fraction of sp³-hybridized carbons (Fsp3) is 0.478. The van der Waals surface area contributed by atoms with Crippen LogP contribution >= 0.6 is 0 Å². The van der Waals surface area contributed by atoms with Gasteiger partial charge in [-0.25, -0.2) is 19.6 Å². The average Bonchev–Trinajstić information content (AvgIpc) is 4.14. The van der Waals surface area contributed by atoms with Gasteiger partial charge in [-0.3, -0.25) is 9.59 Å². The maximum absolute atomic E-state index is 14.1. The number of rotatable bonds is 13. The summed E-state index contributed by atoms with van der Waals surface area (Å²) in [5.41, 5.74) is 6.33. The number of carbonyl (C=O) groups is 4. The van der Waals surface area contributed by atoms with E-state index in [0.29, 0.717) is 50.8 Å². The third-order valence-electron chi connectivity index (χ3n) is 12.9. The Morgan fingerprint density at radius 1 is 0.812 bits per heavy atom. The topological polar surface area (TPSA) is 212 Å². The molecule has 3 aromatic carbocycles. The van der Waals surface area contributed by atoms with Crippen molar-refractivity contribution >= 4 is 45.8 Å². The number of methoxy groups -OCH3 is 5. The maximum atomic E-state index is 14.1. The van der Waals surface area contributed by atoms with Crippen LogP contribution in [0.5, 0.6) is 5.75 Å². The SMILES string of the molecule is COC[C@H]1C[C@@H](c2nc3c(ccc4cc5c(cc43)OCc3cc(-c4cnc([C@@H]6C[C@H](C)CN6C(=O)[C@@H](NC(=O)OC)[C@@H](C)OC)[nH]4)ccc3-5)[nH]2)N(C(=O)[C@@H](NC(=O)OC)[C@@H](C)OC)C1. The number of aromatic amines is 2. The van der Waals surface area contributed by atoms with E-state index in [1.165, 1.54) is 28.4 Å². The van der Waals surface area contributed by atoms with Crippen molar-refractivity contribution in [2.24, 2.45) is 11.8 Å². The normalized spacial score (nSPS) is 21.1. The summed E-state index contributed by atoms with van der Waals surface area (Å²) in [6, 6.07) is 11.8. The number of hydrogen-bond donors (Lipinski definition) is 4. The van der Waals surface area contributed by atoms with Gasteiger partial charge in [0.05, 0.1) is 68.0 Å². The van der Waals surface area contributed by atoms with Gasteiger partial charge in [0.1, 0.15) is 36.1 Å². The fourth-order valence-electron chi connectivity index (χ4n) is 9.38. The third kappa shape index (κ3) is 8.44. The standard InChI is InChI=1S/C46H56N8O10/c1-23-13-35(53(19-23)43(55)38(24(2)60-5)51-45(57)62-7)41-47-18-34(49-41)28-9-11-30-29(15-28)22-64-37-17-31-27(16-32(30)37)10-12-33-40(31)50-42(48-33)36-14-26(21-59-4)20-54(36)44(56)39(25(3)61-6)52-46(58)63-8/h9-12,15-18,23-26,35-36,38-39H,13-14,19-22H2,1-8H3,(H,47,49)(H,48,50)(H,51,57)(H,52,58)/t23-,24+,25+,26-,35-,36-,38-,39-/m0/s1. The number of hydrogen-bond acceptors (Lipinski definition) is 12. The first-order valence-corrected chi connectivity index (χ1v) is 21.5. The molecular weight excluding hydrogens is 825 g/mol. The summed E-state index contributed by atoms with van der Waals surface area (Å²) in [7, 11) is 7.14. The first-order chi connectivity index (χ1) is 30.8. The number of alkyl carbamates (subject to hydrolysis) is 2. The molecule has 64 heavy (non-hydrogen) atoms. The average molecular weight is 881 g/mol. The monoisotopic (exact) mass is 880 g/mol. The summed E-state index contributed by atoms with van der Waals surface area (Å²) in [4.78, 5) is 72.8. The minimum absolute atomic E-state index is 0.0514. The smallest absolute Gasteiger partial charge is 0.407 e. The Balaban J connectivity index is 1.05. The molecule has 0 unspecified atom stereocenters. The maximum Gasteiger partial charge on any atom is 0.407 e. The molecular formula is C46H56N8O10. The zero-order valence-corrected chi connectivity index (χ0v) is 37.4. The van der Waals surface area contributed by atoms with E-state index in [9.17, 15) is 19.2 Å². The van der Waals surface area contributed by atoms with Crippen LogP contribution in [0.3, 0.4) is 0 Å². The van der Waals surface area contributed by atoms with Crippen molar-refractivity contribution < 1.29 is 47.6 Å². The van der Waals surface area contributed by atoms with Crippen molar-refractivity contribution in [3.05, 3.63) is 65.9 Å². The minimum atomic E-state index is -0.974. The van der Waals surface area contributed by atoms with Crippen molar-refractivity contribution in [3.63, 3.8) is 0 Å². The van der Waals surface area contributed by atoms with Crippen LogP contribution in [-0.2, 0) is 39.9 Å². The molecule has 3 aliphatic heterocycles. The molecule has 3 aliphatic rings. The molecule has 8 atom stereocenters. The number of carbonyl (C=O) groups excluding carboxylic acids is 4. The molecule has 5 aromatic rings. The van der Waals surface area contributed by atoms with Gasteiger partial charge in [0.15, 0.2) is 0 Å². The second kappa shape index (κ2) is 18.5. The van der Waals surface area contributed by atoms with E-state index < -0.39 is 42.5 Å². The number of benzene rings is 3. The number of fused-ring (bicyclic) bond motifs is 6. The van der Waals surface area contributed by atoms with Crippen LogP contribution in [0.4, 0.5) is 9.59 Å². The van der Waals surface area contributed by atoms with Crippen molar-refractivity contribution in [3.8, 4) is 28.1 Å². The number of nitrogens with one attached hydrogen (secondary N) is 4. The van der Waals surface area contributed by atoms with Crippen LogP contribution < -0.4 is 15.4 Å². The van der Waals surface area contributed by atoms with Crippen LogP contribution in [0, 0.1) is 11.8 Å². The zero-order valence-electron chi connectivity index (χ0n) is 37.4. The Bertz CT molecular complexity index is 2560. The van der Waals surface area contributed by atoms with Gasteiger partial charge in [-0.15, -0.1) is 0 Å². The largest absolute Gasteiger partial charge is 0.488 e. The second-order valence-electron chi connectivity index (χ2n) is 17.0. The van der Waals surface area contributed by atoms with Gasteiger partial charge >= 0.3 is 12.2 Å². The van der Waals surface area contributed by atoms with Crippen LogP contribution in [0.25, 0.3) is 44.2 Å². The van der Waals surface area contributed by atoms with Crippen molar-refractivity contribution in [1.29, 1.82) is 0 Å². The highest BCUT2D eigenvalue weighted by Crippen LogP contribution is 2.44. The van der Waals surface area contributed by atoms with Gasteiger partial charge in [0.2, 0.25) is 11.8 Å². The van der Waals surface area contributed by atoms with E-state index in [2.05, 4.69) is 57.9 Å². The molecule has 18 heteroatoms. The predicted octanol–water partition coefficient (Wildman–Crippen LogP) is 5.63. The highest BCUT2D eigenvalue weighted by Gasteiger charge is 2.43. The molecule has 0 aliphatic carbocycles. The molecule has 5 heterocycles. The van der Waals surface area contributed by atoms with Gasteiger partial charge in [-0.2, -0.15) is 0 Å². The number of likely N-dealkylation sites (tertiary alicyclic amines) is 2. The van der Waals surface area contributed by atoms with Gasteiger partial charge in [0, 0.05) is 51.3 Å². The van der Waals surface area contributed by atoms with Gasteiger partial charge in [0.25, 0.3) is 0 Å². The highest BCUT2D eigenvalue weighted by molar-refractivity contribution is 6.07. The molecule has 2 aromatic heterocycles. The minimum Gasteiger partial charge on any atom is -0.488 e. The van der Waals surface area contributed by atoms with Crippen molar-refractivity contribution in [1.82, 2.24) is 40.4 Å². The first-order valence-electron chi connectivity index (χ1n) is 21.5. The molecule has 2 fully saturated rings. The Kier molecular flexibility index (Phi) is 12.8. The van der Waals surface area contributed by atoms with Crippen LogP contribution in [0.2, 0.25) is 0 Å². The van der Waals surface area contributed by atoms with Crippen LogP contribution in [0.15, 0.2) is 48.7 Å². The van der Waals surface area contributed by atoms with E-state index in [0.717, 1.165) is 55.5 Å². The van der Waals surface area contributed by atoms with Gasteiger partial charge in [-0.1, -0.05) is 25.1 Å². The molecule has 0 spiro atoms. The van der Waals surface area contributed by atoms with E-state index in [-0.39, 0.29) is 29.7 Å². The Morgan fingerprint density at radius 2 is 1.48 bits per heavy atom.